The third-order valence-electron chi connectivity index (χ3n) is 10.2. The topological polar surface area (TPSA) is 35.6 Å². The zero-order valence-electron chi connectivity index (χ0n) is 27.8. The Hall–Kier alpha value is -4.38. The van der Waals surface area contributed by atoms with E-state index in [0.29, 0.717) is 0 Å². The van der Waals surface area contributed by atoms with Crippen LogP contribution in [0.4, 0.5) is 0 Å². The Bertz CT molecular complexity index is 2280. The first-order valence-corrected chi connectivity index (χ1v) is 16.3. The van der Waals surface area contributed by atoms with Crippen LogP contribution in [0.5, 0.6) is 0 Å². The molecule has 45 heavy (non-hydrogen) atoms. The van der Waals surface area contributed by atoms with E-state index < -0.39 is 0 Å². The van der Waals surface area contributed by atoms with E-state index in [2.05, 4.69) is 144 Å². The lowest BCUT2D eigenvalue weighted by atomic mass is 9.33. The molecule has 0 bridgehead atoms. The molecule has 0 spiro atoms. The maximum Gasteiger partial charge on any atom is 0.254 e. The van der Waals surface area contributed by atoms with Crippen molar-refractivity contribution >= 4 is 66.5 Å². The van der Waals surface area contributed by atoms with Crippen molar-refractivity contribution < 1.29 is 0 Å². The number of benzene rings is 5. The van der Waals surface area contributed by atoms with Crippen molar-refractivity contribution in [3.63, 3.8) is 0 Å². The van der Waals surface area contributed by atoms with Gasteiger partial charge in [0.05, 0.1) is 33.8 Å². The molecule has 9 rings (SSSR count). The van der Waals surface area contributed by atoms with Gasteiger partial charge in [-0.2, -0.15) is 10.2 Å². The molecule has 4 nitrogen and oxygen atoms in total. The van der Waals surface area contributed by atoms with E-state index in [1.807, 2.05) is 0 Å². The summed E-state index contributed by atoms with van der Waals surface area (Å²) in [6.07, 6.45) is 0. The summed E-state index contributed by atoms with van der Waals surface area (Å²) in [5, 5.41) is 18.7. The van der Waals surface area contributed by atoms with Gasteiger partial charge in [0.2, 0.25) is 0 Å². The SMILES string of the molecule is CC(C)(C)c1cc2c3c(c1)-n1nc(C(C)(C)C)c4cc5ccccc5c(c41)B3c1c3ccccc3cc3c(C(C)(C)C)nn-2c13. The summed E-state index contributed by atoms with van der Waals surface area (Å²) in [4.78, 5) is 0. The van der Waals surface area contributed by atoms with Crippen LogP contribution in [0.1, 0.15) is 79.3 Å². The average molecular weight is 587 g/mol. The summed E-state index contributed by atoms with van der Waals surface area (Å²) in [7, 11) is 0. The van der Waals surface area contributed by atoms with Gasteiger partial charge in [-0.05, 0) is 73.2 Å². The Morgan fingerprint density at radius 3 is 1.31 bits per heavy atom. The van der Waals surface area contributed by atoms with Gasteiger partial charge in [0.15, 0.2) is 0 Å². The van der Waals surface area contributed by atoms with E-state index in [0.717, 1.165) is 11.4 Å². The molecular formula is C40H39BN4. The fraction of sp³-hybridized carbons (Fsp3) is 0.300. The average Bonchev–Trinajstić information content (AvgIpc) is 3.56. The molecule has 0 atom stereocenters. The smallest absolute Gasteiger partial charge is 0.234 e. The van der Waals surface area contributed by atoms with Gasteiger partial charge in [-0.15, -0.1) is 0 Å². The highest BCUT2D eigenvalue weighted by Gasteiger charge is 2.44. The minimum absolute atomic E-state index is 0.0419. The Morgan fingerprint density at radius 2 is 0.911 bits per heavy atom. The first-order valence-electron chi connectivity index (χ1n) is 16.3. The molecule has 7 aromatic rings. The normalized spacial score (nSPS) is 14.3. The maximum atomic E-state index is 5.51. The van der Waals surface area contributed by atoms with Crippen molar-refractivity contribution in [1.82, 2.24) is 19.6 Å². The van der Waals surface area contributed by atoms with Crippen molar-refractivity contribution in [1.29, 1.82) is 0 Å². The first kappa shape index (κ1) is 27.0. The van der Waals surface area contributed by atoms with Gasteiger partial charge in [0.1, 0.15) is 0 Å². The highest BCUT2D eigenvalue weighted by Crippen LogP contribution is 2.41. The van der Waals surface area contributed by atoms with Crippen molar-refractivity contribution in [2.75, 3.05) is 0 Å². The molecule has 0 unspecified atom stereocenters. The van der Waals surface area contributed by atoms with Gasteiger partial charge in [-0.3, -0.25) is 0 Å². The Balaban J connectivity index is 1.59. The summed E-state index contributed by atoms with van der Waals surface area (Å²) >= 11 is 0. The predicted octanol–water partition coefficient (Wildman–Crippen LogP) is 7.71. The standard InChI is InChI=1S/C40H39BN4/c1-38(2,3)24-20-29-33-30(21-24)45-35-28(37(43-45)40(7,8)9)19-23-15-11-13-17-26(23)32(35)41(33)31-25-16-12-10-14-22(25)18-27-34(31)44(29)42-36(27)39(4,5)6/h10-21H,1-9H3. The molecule has 222 valence electrons. The van der Waals surface area contributed by atoms with Crippen molar-refractivity contribution in [3.05, 3.63) is 89.7 Å². The van der Waals surface area contributed by atoms with Crippen LogP contribution in [0.2, 0.25) is 0 Å². The molecule has 4 heterocycles. The molecule has 5 aromatic carbocycles. The van der Waals surface area contributed by atoms with E-state index in [-0.39, 0.29) is 23.0 Å². The van der Waals surface area contributed by atoms with E-state index >= 15 is 0 Å². The fourth-order valence-electron chi connectivity index (χ4n) is 8.13. The number of aromatic nitrogens is 4. The highest BCUT2D eigenvalue weighted by molar-refractivity contribution is 7.02. The second-order valence-electron chi connectivity index (χ2n) is 16.4. The van der Waals surface area contributed by atoms with Crippen LogP contribution in [0, 0.1) is 0 Å². The van der Waals surface area contributed by atoms with Gasteiger partial charge in [-0.1, -0.05) is 111 Å². The first-order chi connectivity index (χ1) is 21.2. The number of hydrogen-bond acceptors (Lipinski definition) is 2. The molecule has 2 aliphatic heterocycles. The lowest BCUT2D eigenvalue weighted by Crippen LogP contribution is -2.60. The number of rotatable bonds is 0. The molecule has 0 amide bonds. The molecule has 0 radical (unpaired) electrons. The monoisotopic (exact) mass is 586 g/mol. The predicted molar refractivity (Wildman–Crippen MR) is 191 cm³/mol. The summed E-state index contributed by atoms with van der Waals surface area (Å²) in [6.45, 7) is 20.7. The molecule has 0 N–H and O–H groups in total. The Labute approximate surface area is 265 Å². The quantitative estimate of drug-likeness (QED) is 0.171. The summed E-state index contributed by atoms with van der Waals surface area (Å²) in [6, 6.07) is 27.5. The molecule has 2 aromatic heterocycles. The number of fused-ring (bicyclic) bond motifs is 8. The van der Waals surface area contributed by atoms with E-state index in [9.17, 15) is 0 Å². The minimum atomic E-state index is -0.116. The van der Waals surface area contributed by atoms with Crippen LogP contribution in [0.15, 0.2) is 72.8 Å². The van der Waals surface area contributed by atoms with Crippen LogP contribution in [-0.4, -0.2) is 26.3 Å². The van der Waals surface area contributed by atoms with Crippen molar-refractivity contribution in [3.8, 4) is 11.4 Å². The van der Waals surface area contributed by atoms with Crippen LogP contribution < -0.4 is 16.4 Å². The molecule has 0 saturated heterocycles. The highest BCUT2D eigenvalue weighted by atomic mass is 15.3. The molecule has 2 aliphatic rings. The van der Waals surface area contributed by atoms with Gasteiger partial charge in [-0.25, -0.2) is 9.36 Å². The van der Waals surface area contributed by atoms with Gasteiger partial charge >= 0.3 is 0 Å². The molecule has 0 saturated carbocycles. The van der Waals surface area contributed by atoms with Crippen LogP contribution in [-0.2, 0) is 16.2 Å². The van der Waals surface area contributed by atoms with Crippen LogP contribution in [0.25, 0.3) is 54.7 Å². The number of nitrogens with zero attached hydrogens (tertiary/aromatic N) is 4. The molecule has 0 fully saturated rings. The van der Waals surface area contributed by atoms with Crippen LogP contribution in [0.3, 0.4) is 0 Å². The van der Waals surface area contributed by atoms with E-state index in [4.69, 9.17) is 10.2 Å². The second kappa shape index (κ2) is 8.25. The molecular weight excluding hydrogens is 547 g/mol. The summed E-state index contributed by atoms with van der Waals surface area (Å²) in [5.74, 6) is 0. The third-order valence-corrected chi connectivity index (χ3v) is 10.2. The van der Waals surface area contributed by atoms with Crippen molar-refractivity contribution in [2.45, 2.75) is 78.6 Å². The van der Waals surface area contributed by atoms with E-state index in [1.54, 1.807) is 0 Å². The largest absolute Gasteiger partial charge is 0.254 e. The Morgan fingerprint density at radius 1 is 0.489 bits per heavy atom. The second-order valence-corrected chi connectivity index (χ2v) is 16.4. The lowest BCUT2D eigenvalue weighted by molar-refractivity contribution is 0.563. The summed E-state index contributed by atoms with van der Waals surface area (Å²) < 4.78 is 4.59. The minimum Gasteiger partial charge on any atom is -0.234 e. The van der Waals surface area contributed by atoms with Gasteiger partial charge in [0, 0.05) is 21.6 Å². The summed E-state index contributed by atoms with van der Waals surface area (Å²) in [5.41, 5.74) is 12.2. The molecule has 5 heteroatoms. The maximum absolute atomic E-state index is 5.51. The van der Waals surface area contributed by atoms with Crippen molar-refractivity contribution in [2.24, 2.45) is 0 Å². The molecule has 0 aliphatic carbocycles. The Kier molecular flexibility index (Phi) is 4.95. The van der Waals surface area contributed by atoms with Gasteiger partial charge < -0.3 is 0 Å². The zero-order chi connectivity index (χ0) is 31.4. The van der Waals surface area contributed by atoms with E-state index in [1.165, 1.54) is 76.7 Å². The number of hydrogen-bond donors (Lipinski definition) is 0. The zero-order valence-corrected chi connectivity index (χ0v) is 27.8. The third kappa shape index (κ3) is 3.44. The fourth-order valence-corrected chi connectivity index (χ4v) is 8.13. The van der Waals surface area contributed by atoms with Crippen LogP contribution >= 0.6 is 0 Å². The van der Waals surface area contributed by atoms with Gasteiger partial charge in [0.25, 0.3) is 6.71 Å². The lowest BCUT2D eigenvalue weighted by Gasteiger charge is -2.35.